The molecule has 1 aliphatic rings. The summed E-state index contributed by atoms with van der Waals surface area (Å²) in [6, 6.07) is 5.08. The van der Waals surface area contributed by atoms with Gasteiger partial charge in [0, 0.05) is 6.42 Å². The van der Waals surface area contributed by atoms with Crippen LogP contribution in [-0.2, 0) is 11.2 Å². The Bertz CT molecular complexity index is 422. The Balaban J connectivity index is 2.11. The summed E-state index contributed by atoms with van der Waals surface area (Å²) in [6.07, 6.45) is 3.56. The lowest BCUT2D eigenvalue weighted by atomic mass is 10.1. The van der Waals surface area contributed by atoms with E-state index >= 15 is 0 Å². The number of aryl methyl sites for hydroxylation is 1. The van der Waals surface area contributed by atoms with Crippen LogP contribution in [0.25, 0.3) is 0 Å². The standard InChI is InChI=1S/C14H18O4/c1-2-10-9-11(6-7-12(10)14(15)16)18-13-5-3-4-8-17-13/h6-7,9,13H,2-5,8H2,1H3,(H,15,16). The molecule has 1 aliphatic heterocycles. The molecule has 1 saturated heterocycles. The Morgan fingerprint density at radius 2 is 2.33 bits per heavy atom. The van der Waals surface area contributed by atoms with Gasteiger partial charge in [0.1, 0.15) is 5.75 Å². The van der Waals surface area contributed by atoms with Gasteiger partial charge in [-0.2, -0.15) is 0 Å². The third-order valence-corrected chi connectivity index (χ3v) is 3.09. The highest BCUT2D eigenvalue weighted by Crippen LogP contribution is 2.22. The van der Waals surface area contributed by atoms with Crippen molar-refractivity contribution in [3.63, 3.8) is 0 Å². The molecule has 0 aromatic heterocycles. The van der Waals surface area contributed by atoms with E-state index in [1.54, 1.807) is 18.2 Å². The van der Waals surface area contributed by atoms with Crippen LogP contribution in [0.5, 0.6) is 5.75 Å². The largest absolute Gasteiger partial charge is 0.478 e. The Hall–Kier alpha value is -1.55. The van der Waals surface area contributed by atoms with E-state index in [0.717, 1.165) is 31.4 Å². The highest BCUT2D eigenvalue weighted by Gasteiger charge is 2.16. The summed E-state index contributed by atoms with van der Waals surface area (Å²) in [5.74, 6) is -0.212. The van der Waals surface area contributed by atoms with Gasteiger partial charge in [-0.05, 0) is 43.0 Å². The van der Waals surface area contributed by atoms with Crippen molar-refractivity contribution in [2.75, 3.05) is 6.61 Å². The van der Waals surface area contributed by atoms with Crippen LogP contribution in [0.4, 0.5) is 0 Å². The monoisotopic (exact) mass is 250 g/mol. The summed E-state index contributed by atoms with van der Waals surface area (Å²) in [5, 5.41) is 9.04. The Morgan fingerprint density at radius 3 is 2.94 bits per heavy atom. The van der Waals surface area contributed by atoms with Crippen LogP contribution >= 0.6 is 0 Å². The fraction of sp³-hybridized carbons (Fsp3) is 0.500. The van der Waals surface area contributed by atoms with Crippen molar-refractivity contribution in [3.05, 3.63) is 29.3 Å². The van der Waals surface area contributed by atoms with E-state index in [1.165, 1.54) is 0 Å². The van der Waals surface area contributed by atoms with Gasteiger partial charge in [0.2, 0.25) is 0 Å². The van der Waals surface area contributed by atoms with Gasteiger partial charge in [-0.1, -0.05) is 6.92 Å². The average molecular weight is 250 g/mol. The van der Waals surface area contributed by atoms with Gasteiger partial charge in [-0.3, -0.25) is 0 Å². The fourth-order valence-corrected chi connectivity index (χ4v) is 2.10. The number of benzene rings is 1. The molecule has 1 aromatic rings. The van der Waals surface area contributed by atoms with Crippen molar-refractivity contribution in [1.29, 1.82) is 0 Å². The van der Waals surface area contributed by atoms with Crippen LogP contribution in [0.3, 0.4) is 0 Å². The molecule has 0 aliphatic carbocycles. The first-order chi connectivity index (χ1) is 8.70. The fourth-order valence-electron chi connectivity index (χ4n) is 2.10. The second-order valence-corrected chi connectivity index (χ2v) is 4.39. The second kappa shape index (κ2) is 5.87. The van der Waals surface area contributed by atoms with Gasteiger partial charge >= 0.3 is 5.97 Å². The predicted molar refractivity (Wildman–Crippen MR) is 67.0 cm³/mol. The predicted octanol–water partition coefficient (Wildman–Crippen LogP) is 2.85. The van der Waals surface area contributed by atoms with E-state index < -0.39 is 5.97 Å². The third kappa shape index (κ3) is 3.01. The normalized spacial score (nSPS) is 19.5. The second-order valence-electron chi connectivity index (χ2n) is 4.39. The van der Waals surface area contributed by atoms with Crippen molar-refractivity contribution in [2.24, 2.45) is 0 Å². The molecule has 0 radical (unpaired) electrons. The van der Waals surface area contributed by atoms with Crippen LogP contribution in [0.2, 0.25) is 0 Å². The van der Waals surface area contributed by atoms with Crippen molar-refractivity contribution < 1.29 is 19.4 Å². The van der Waals surface area contributed by atoms with E-state index in [4.69, 9.17) is 14.6 Å². The quantitative estimate of drug-likeness (QED) is 0.892. The first kappa shape index (κ1) is 12.9. The molecule has 1 unspecified atom stereocenters. The molecule has 1 N–H and O–H groups in total. The summed E-state index contributed by atoms with van der Waals surface area (Å²) in [6.45, 7) is 2.67. The molecule has 0 saturated carbocycles. The van der Waals surface area contributed by atoms with Crippen LogP contribution < -0.4 is 4.74 Å². The van der Waals surface area contributed by atoms with Crippen LogP contribution in [-0.4, -0.2) is 24.0 Å². The molecule has 1 fully saturated rings. The molecular weight excluding hydrogens is 232 g/mol. The Kier molecular flexibility index (Phi) is 4.20. The van der Waals surface area contributed by atoms with Gasteiger partial charge < -0.3 is 14.6 Å². The lowest BCUT2D eigenvalue weighted by Gasteiger charge is -2.23. The Labute approximate surface area is 107 Å². The van der Waals surface area contributed by atoms with Gasteiger partial charge in [-0.15, -0.1) is 0 Å². The molecule has 4 nitrogen and oxygen atoms in total. The first-order valence-corrected chi connectivity index (χ1v) is 6.35. The molecule has 4 heteroatoms. The molecule has 0 bridgehead atoms. The summed E-state index contributed by atoms with van der Waals surface area (Å²) in [5.41, 5.74) is 1.13. The zero-order valence-corrected chi connectivity index (χ0v) is 10.5. The van der Waals surface area contributed by atoms with E-state index in [9.17, 15) is 4.79 Å². The number of carboxylic acids is 1. The van der Waals surface area contributed by atoms with Crippen LogP contribution in [0, 0.1) is 0 Å². The highest BCUT2D eigenvalue weighted by atomic mass is 16.7. The minimum Gasteiger partial charge on any atom is -0.478 e. The molecule has 0 amide bonds. The molecule has 1 atom stereocenters. The van der Waals surface area contributed by atoms with E-state index in [0.29, 0.717) is 17.7 Å². The number of aromatic carboxylic acids is 1. The zero-order valence-electron chi connectivity index (χ0n) is 10.5. The van der Waals surface area contributed by atoms with Gasteiger partial charge in [0.05, 0.1) is 12.2 Å². The van der Waals surface area contributed by atoms with Gasteiger partial charge in [0.25, 0.3) is 0 Å². The van der Waals surface area contributed by atoms with E-state index in [2.05, 4.69) is 0 Å². The van der Waals surface area contributed by atoms with Gasteiger partial charge in [-0.25, -0.2) is 4.79 Å². The van der Waals surface area contributed by atoms with Crippen molar-refractivity contribution in [2.45, 2.75) is 38.9 Å². The van der Waals surface area contributed by atoms with Crippen molar-refractivity contribution in [3.8, 4) is 5.75 Å². The lowest BCUT2D eigenvalue weighted by Crippen LogP contribution is -2.25. The maximum atomic E-state index is 11.0. The molecule has 18 heavy (non-hydrogen) atoms. The molecule has 98 valence electrons. The van der Waals surface area contributed by atoms with Crippen LogP contribution in [0.15, 0.2) is 18.2 Å². The number of hydrogen-bond donors (Lipinski definition) is 1. The number of carboxylic acid groups (broad SMARTS) is 1. The number of carbonyl (C=O) groups is 1. The molecule has 1 aromatic carbocycles. The summed E-state index contributed by atoms with van der Waals surface area (Å²) < 4.78 is 11.2. The smallest absolute Gasteiger partial charge is 0.335 e. The van der Waals surface area contributed by atoms with Crippen molar-refractivity contribution in [1.82, 2.24) is 0 Å². The molecule has 1 heterocycles. The van der Waals surface area contributed by atoms with Gasteiger partial charge in [0.15, 0.2) is 6.29 Å². The highest BCUT2D eigenvalue weighted by molar-refractivity contribution is 5.89. The maximum absolute atomic E-state index is 11.0. The SMILES string of the molecule is CCc1cc(OC2CCCCO2)ccc1C(=O)O. The molecular formula is C14H18O4. The minimum atomic E-state index is -0.896. The zero-order chi connectivity index (χ0) is 13.0. The first-order valence-electron chi connectivity index (χ1n) is 6.35. The van der Waals surface area contributed by atoms with E-state index in [1.807, 2.05) is 6.92 Å². The summed E-state index contributed by atoms with van der Waals surface area (Å²) in [7, 11) is 0. The average Bonchev–Trinajstić information content (AvgIpc) is 2.39. The maximum Gasteiger partial charge on any atom is 0.335 e. The molecule has 2 rings (SSSR count). The number of hydrogen-bond acceptors (Lipinski definition) is 3. The van der Waals surface area contributed by atoms with Crippen molar-refractivity contribution >= 4 is 5.97 Å². The lowest BCUT2D eigenvalue weighted by molar-refractivity contribution is -0.105. The van der Waals surface area contributed by atoms with Crippen LogP contribution in [0.1, 0.15) is 42.1 Å². The number of rotatable bonds is 4. The Morgan fingerprint density at radius 1 is 1.50 bits per heavy atom. The third-order valence-electron chi connectivity index (χ3n) is 3.09. The minimum absolute atomic E-state index is 0.195. The van der Waals surface area contributed by atoms with E-state index in [-0.39, 0.29) is 6.29 Å². The summed E-state index contributed by atoms with van der Waals surface area (Å²) >= 11 is 0. The topological polar surface area (TPSA) is 55.8 Å². The summed E-state index contributed by atoms with van der Waals surface area (Å²) in [4.78, 5) is 11.0. The number of ether oxygens (including phenoxy) is 2. The molecule has 0 spiro atoms.